The Labute approximate surface area is 114 Å². The van der Waals surface area contributed by atoms with Crippen LogP contribution in [0.25, 0.3) is 0 Å². The molecule has 0 aliphatic rings. The third kappa shape index (κ3) is 6.03. The van der Waals surface area contributed by atoms with Gasteiger partial charge < -0.3 is 10.6 Å². The van der Waals surface area contributed by atoms with Crippen LogP contribution in [0.4, 0.5) is 0 Å². The Morgan fingerprint density at radius 1 is 1.32 bits per heavy atom. The number of nitrogens with one attached hydrogen (secondary N) is 2. The van der Waals surface area contributed by atoms with E-state index >= 15 is 0 Å². The number of amides is 1. The summed E-state index contributed by atoms with van der Waals surface area (Å²) in [5, 5.41) is 15.0. The van der Waals surface area contributed by atoms with Crippen LogP contribution in [0.15, 0.2) is 24.3 Å². The van der Waals surface area contributed by atoms with Crippen molar-refractivity contribution in [2.45, 2.75) is 39.3 Å². The van der Waals surface area contributed by atoms with Crippen LogP contribution in [-0.2, 0) is 11.3 Å². The minimum Gasteiger partial charge on any atom is -0.351 e. The largest absolute Gasteiger partial charge is 0.351 e. The maximum atomic E-state index is 11.6. The molecule has 19 heavy (non-hydrogen) atoms. The van der Waals surface area contributed by atoms with Gasteiger partial charge in [-0.1, -0.05) is 18.2 Å². The van der Waals surface area contributed by atoms with E-state index in [1.807, 2.05) is 39.0 Å². The van der Waals surface area contributed by atoms with Crippen molar-refractivity contribution < 1.29 is 4.79 Å². The number of hydrogen-bond donors (Lipinski definition) is 2. The van der Waals surface area contributed by atoms with E-state index in [0.717, 1.165) is 5.56 Å². The van der Waals surface area contributed by atoms with Crippen molar-refractivity contribution in [3.63, 3.8) is 0 Å². The predicted octanol–water partition coefficient (Wildman–Crippen LogP) is 1.95. The van der Waals surface area contributed by atoms with Crippen molar-refractivity contribution in [3.05, 3.63) is 35.4 Å². The monoisotopic (exact) mass is 259 g/mol. The van der Waals surface area contributed by atoms with E-state index in [4.69, 9.17) is 5.26 Å². The molecule has 1 aromatic rings. The number of benzene rings is 1. The maximum absolute atomic E-state index is 11.6. The van der Waals surface area contributed by atoms with Gasteiger partial charge in [0.05, 0.1) is 11.6 Å². The van der Waals surface area contributed by atoms with Crippen LogP contribution >= 0.6 is 0 Å². The third-order valence-corrected chi connectivity index (χ3v) is 2.50. The second-order valence-corrected chi connectivity index (χ2v) is 5.49. The van der Waals surface area contributed by atoms with Crippen molar-refractivity contribution in [3.8, 4) is 6.07 Å². The Kier molecular flexibility index (Phi) is 5.53. The molecule has 0 aliphatic heterocycles. The minimum absolute atomic E-state index is 0.0357. The fourth-order valence-corrected chi connectivity index (χ4v) is 1.69. The fourth-order valence-electron chi connectivity index (χ4n) is 1.69. The lowest BCUT2D eigenvalue weighted by atomic mass is 10.1. The summed E-state index contributed by atoms with van der Waals surface area (Å²) in [6.45, 7) is 7.08. The molecule has 0 spiro atoms. The molecule has 102 valence electrons. The quantitative estimate of drug-likeness (QED) is 0.794. The summed E-state index contributed by atoms with van der Waals surface area (Å²) in [5.74, 6) is 0.0357. The van der Waals surface area contributed by atoms with Gasteiger partial charge >= 0.3 is 0 Å². The lowest BCUT2D eigenvalue weighted by molar-refractivity contribution is -0.122. The summed E-state index contributed by atoms with van der Waals surface area (Å²) in [4.78, 5) is 11.6. The molecule has 4 heteroatoms. The molecule has 0 aliphatic carbocycles. The zero-order valence-electron chi connectivity index (χ0n) is 11.8. The van der Waals surface area contributed by atoms with Gasteiger partial charge in [0.25, 0.3) is 0 Å². The molecule has 1 rings (SSSR count). The van der Waals surface area contributed by atoms with Crippen LogP contribution < -0.4 is 10.6 Å². The van der Waals surface area contributed by atoms with Gasteiger partial charge in [-0.15, -0.1) is 0 Å². The van der Waals surface area contributed by atoms with E-state index < -0.39 is 0 Å². The lowest BCUT2D eigenvalue weighted by Gasteiger charge is -2.20. The lowest BCUT2D eigenvalue weighted by Crippen LogP contribution is -2.41. The first kappa shape index (κ1) is 15.2. The Hall–Kier alpha value is -1.86. The van der Waals surface area contributed by atoms with Crippen molar-refractivity contribution in [1.29, 1.82) is 5.26 Å². The maximum Gasteiger partial charge on any atom is 0.221 e. The van der Waals surface area contributed by atoms with Gasteiger partial charge in [0, 0.05) is 25.0 Å². The number of rotatable bonds is 5. The van der Waals surface area contributed by atoms with Crippen molar-refractivity contribution in [2.24, 2.45) is 0 Å². The highest BCUT2D eigenvalue weighted by Gasteiger charge is 2.12. The van der Waals surface area contributed by atoms with Gasteiger partial charge in [-0.2, -0.15) is 5.26 Å². The summed E-state index contributed by atoms with van der Waals surface area (Å²) < 4.78 is 0. The predicted molar refractivity (Wildman–Crippen MR) is 75.4 cm³/mol. The fraction of sp³-hybridized carbons (Fsp3) is 0.467. The first-order valence-corrected chi connectivity index (χ1v) is 6.42. The summed E-state index contributed by atoms with van der Waals surface area (Å²) in [7, 11) is 0. The van der Waals surface area contributed by atoms with Crippen LogP contribution in [0.5, 0.6) is 0 Å². The van der Waals surface area contributed by atoms with Crippen LogP contribution in [-0.4, -0.2) is 18.0 Å². The van der Waals surface area contributed by atoms with Gasteiger partial charge in [-0.3, -0.25) is 4.79 Å². The number of carbonyl (C=O) groups is 1. The van der Waals surface area contributed by atoms with Gasteiger partial charge in [0.1, 0.15) is 0 Å². The summed E-state index contributed by atoms with van der Waals surface area (Å²) in [5.41, 5.74) is 1.44. The average Bonchev–Trinajstić information content (AvgIpc) is 2.33. The normalized spacial score (nSPS) is 10.8. The standard InChI is InChI=1S/C15H21N3O/c1-15(2,3)18-14(19)8-9-17-11-13-7-5-4-6-12(13)10-16/h4-7,17H,8-9,11H2,1-3H3,(H,18,19). The van der Waals surface area contributed by atoms with E-state index in [2.05, 4.69) is 16.7 Å². The second-order valence-electron chi connectivity index (χ2n) is 5.49. The highest BCUT2D eigenvalue weighted by molar-refractivity contribution is 5.76. The van der Waals surface area contributed by atoms with E-state index in [9.17, 15) is 4.79 Å². The molecular formula is C15H21N3O. The minimum atomic E-state index is -0.190. The Bertz CT molecular complexity index is 469. The molecule has 0 radical (unpaired) electrons. The molecule has 4 nitrogen and oxygen atoms in total. The van der Waals surface area contributed by atoms with E-state index in [0.29, 0.717) is 25.1 Å². The first-order valence-electron chi connectivity index (χ1n) is 6.42. The van der Waals surface area contributed by atoms with Gasteiger partial charge in [-0.25, -0.2) is 0 Å². The Morgan fingerprint density at radius 3 is 2.63 bits per heavy atom. The molecule has 1 aromatic carbocycles. The van der Waals surface area contributed by atoms with Gasteiger partial charge in [-0.05, 0) is 32.4 Å². The Morgan fingerprint density at radius 2 is 2.00 bits per heavy atom. The van der Waals surface area contributed by atoms with Crippen LogP contribution in [0.2, 0.25) is 0 Å². The molecule has 0 saturated heterocycles. The molecule has 0 heterocycles. The molecule has 0 fully saturated rings. The highest BCUT2D eigenvalue weighted by atomic mass is 16.1. The van der Waals surface area contributed by atoms with Gasteiger partial charge in [0.15, 0.2) is 0 Å². The second kappa shape index (κ2) is 6.91. The smallest absolute Gasteiger partial charge is 0.221 e. The summed E-state index contributed by atoms with van der Waals surface area (Å²) >= 11 is 0. The zero-order chi connectivity index (χ0) is 14.3. The Balaban J connectivity index is 2.32. The molecule has 0 bridgehead atoms. The van der Waals surface area contributed by atoms with Crippen LogP contribution in [0, 0.1) is 11.3 Å². The number of carbonyl (C=O) groups excluding carboxylic acids is 1. The van der Waals surface area contributed by atoms with Crippen LogP contribution in [0.1, 0.15) is 38.3 Å². The summed E-state index contributed by atoms with van der Waals surface area (Å²) in [6, 6.07) is 9.62. The number of nitrogens with zero attached hydrogens (tertiary/aromatic N) is 1. The van der Waals surface area contributed by atoms with Crippen molar-refractivity contribution >= 4 is 5.91 Å². The summed E-state index contributed by atoms with van der Waals surface area (Å²) in [6.07, 6.45) is 0.436. The average molecular weight is 259 g/mol. The van der Waals surface area contributed by atoms with Gasteiger partial charge in [0.2, 0.25) is 5.91 Å². The third-order valence-electron chi connectivity index (χ3n) is 2.50. The van der Waals surface area contributed by atoms with Crippen LogP contribution in [0.3, 0.4) is 0 Å². The van der Waals surface area contributed by atoms with Crippen molar-refractivity contribution in [2.75, 3.05) is 6.54 Å². The molecule has 0 saturated carbocycles. The van der Waals surface area contributed by atoms with Crippen molar-refractivity contribution in [1.82, 2.24) is 10.6 Å². The van der Waals surface area contributed by atoms with E-state index in [1.165, 1.54) is 0 Å². The molecule has 0 atom stereocenters. The SMILES string of the molecule is CC(C)(C)NC(=O)CCNCc1ccccc1C#N. The zero-order valence-corrected chi connectivity index (χ0v) is 11.8. The number of nitriles is 1. The molecule has 1 amide bonds. The molecule has 2 N–H and O–H groups in total. The topological polar surface area (TPSA) is 64.9 Å². The molecule has 0 unspecified atom stereocenters. The first-order chi connectivity index (χ1) is 8.92. The molecular weight excluding hydrogens is 238 g/mol. The van der Waals surface area contributed by atoms with E-state index in [-0.39, 0.29) is 11.4 Å². The highest BCUT2D eigenvalue weighted by Crippen LogP contribution is 2.06. The molecule has 0 aromatic heterocycles. The van der Waals surface area contributed by atoms with E-state index in [1.54, 1.807) is 6.07 Å². The number of hydrogen-bond acceptors (Lipinski definition) is 3.